The highest BCUT2D eigenvalue weighted by atomic mass is 16.4. The first-order chi connectivity index (χ1) is 13.3. The van der Waals surface area contributed by atoms with Gasteiger partial charge in [0.05, 0.1) is 5.70 Å². The van der Waals surface area contributed by atoms with Crippen molar-refractivity contribution in [3.63, 3.8) is 0 Å². The van der Waals surface area contributed by atoms with Crippen molar-refractivity contribution >= 4 is 23.3 Å². The second-order valence-corrected chi connectivity index (χ2v) is 7.53. The van der Waals surface area contributed by atoms with Gasteiger partial charge in [0.1, 0.15) is 23.1 Å². The Bertz CT molecular complexity index is 744. The van der Waals surface area contributed by atoms with Crippen LogP contribution < -0.4 is 0 Å². The van der Waals surface area contributed by atoms with Gasteiger partial charge in [0.15, 0.2) is 0 Å². The number of nitrogens with zero attached hydrogens (tertiary/aromatic N) is 3. The number of carbonyl (C=O) groups excluding carboxylic acids is 3. The maximum absolute atomic E-state index is 12.4. The zero-order valence-corrected chi connectivity index (χ0v) is 16.4. The minimum absolute atomic E-state index is 0.00546. The summed E-state index contributed by atoms with van der Waals surface area (Å²) in [6.07, 6.45) is 3.73. The maximum atomic E-state index is 12.4. The van der Waals surface area contributed by atoms with Crippen LogP contribution in [0.2, 0.25) is 0 Å². The molecule has 1 atom stereocenters. The molecule has 8 nitrogen and oxygen atoms in total. The number of carbonyl (C=O) groups is 4. The third-order valence-corrected chi connectivity index (χ3v) is 5.12. The van der Waals surface area contributed by atoms with Crippen LogP contribution in [-0.2, 0) is 19.2 Å². The Labute approximate surface area is 164 Å². The molecular formula is C20H27N3O5. The second-order valence-electron chi connectivity index (χ2n) is 7.53. The molecule has 1 unspecified atom stereocenters. The molecule has 0 saturated carbocycles. The molecular weight excluding hydrogens is 362 g/mol. The number of hydrogen-bond donors (Lipinski definition) is 1. The van der Waals surface area contributed by atoms with E-state index in [0.29, 0.717) is 23.5 Å². The summed E-state index contributed by atoms with van der Waals surface area (Å²) in [5.74, 6) is -1.97. The van der Waals surface area contributed by atoms with Crippen molar-refractivity contribution < 1.29 is 24.3 Å². The number of allylic oxidation sites excluding steroid dienone is 1. The lowest BCUT2D eigenvalue weighted by molar-refractivity contribution is -0.146. The van der Waals surface area contributed by atoms with Crippen LogP contribution in [0.5, 0.6) is 0 Å². The SMILES string of the molecule is CCCCC(C(C)=O)C(=O)O.O=C1C=C(N2CC2)C(=O)C(N2CC2)=C1N1CC1. The zero-order chi connectivity index (χ0) is 20.4. The van der Waals surface area contributed by atoms with Crippen LogP contribution in [0.1, 0.15) is 33.1 Å². The van der Waals surface area contributed by atoms with E-state index in [9.17, 15) is 19.2 Å². The Hall–Kier alpha value is -2.64. The molecule has 152 valence electrons. The van der Waals surface area contributed by atoms with Crippen molar-refractivity contribution in [2.24, 2.45) is 5.92 Å². The summed E-state index contributed by atoms with van der Waals surface area (Å²) in [6, 6.07) is 0. The molecule has 3 saturated heterocycles. The topological polar surface area (TPSA) is 97.5 Å². The predicted molar refractivity (Wildman–Crippen MR) is 101 cm³/mol. The van der Waals surface area contributed by atoms with Crippen molar-refractivity contribution in [3.8, 4) is 0 Å². The Morgan fingerprint density at radius 3 is 1.96 bits per heavy atom. The Morgan fingerprint density at radius 2 is 1.54 bits per heavy atom. The maximum Gasteiger partial charge on any atom is 0.314 e. The fraction of sp³-hybridized carbons (Fsp3) is 0.600. The number of carboxylic acid groups (broad SMARTS) is 1. The molecule has 1 aliphatic carbocycles. The number of aliphatic carboxylic acids is 1. The normalized spacial score (nSPS) is 21.1. The van der Waals surface area contributed by atoms with Gasteiger partial charge in [0, 0.05) is 45.3 Å². The molecule has 0 amide bonds. The van der Waals surface area contributed by atoms with Crippen LogP contribution in [0.4, 0.5) is 0 Å². The largest absolute Gasteiger partial charge is 0.481 e. The van der Waals surface area contributed by atoms with Gasteiger partial charge < -0.3 is 19.8 Å². The van der Waals surface area contributed by atoms with E-state index in [0.717, 1.165) is 52.1 Å². The quantitative estimate of drug-likeness (QED) is 0.367. The lowest BCUT2D eigenvalue weighted by Crippen LogP contribution is -2.29. The van der Waals surface area contributed by atoms with Crippen LogP contribution in [0.3, 0.4) is 0 Å². The van der Waals surface area contributed by atoms with Crippen molar-refractivity contribution in [1.29, 1.82) is 0 Å². The summed E-state index contributed by atoms with van der Waals surface area (Å²) in [7, 11) is 0. The molecule has 0 bridgehead atoms. The van der Waals surface area contributed by atoms with Gasteiger partial charge in [-0.25, -0.2) is 0 Å². The molecule has 0 aromatic rings. The Morgan fingerprint density at radius 1 is 1.00 bits per heavy atom. The molecule has 3 aliphatic heterocycles. The molecule has 8 heteroatoms. The molecule has 4 aliphatic rings. The standard InChI is InChI=1S/C12H13N3O2.C8H14O3/c16-9-7-8(13-1-2-13)12(17)11(15-5-6-15)10(9)14-3-4-14;1-3-4-5-7(6(2)9)8(10)11/h7H,1-6H2;7H,3-5H2,1-2H3,(H,10,11). The summed E-state index contributed by atoms with van der Waals surface area (Å²) in [5.41, 5.74) is 1.89. The first kappa shape index (κ1) is 20.1. The van der Waals surface area contributed by atoms with Crippen molar-refractivity contribution in [1.82, 2.24) is 14.7 Å². The van der Waals surface area contributed by atoms with E-state index in [-0.39, 0.29) is 17.3 Å². The number of unbranched alkanes of at least 4 members (excludes halogenated alkanes) is 1. The summed E-state index contributed by atoms with van der Waals surface area (Å²) < 4.78 is 0. The zero-order valence-electron chi connectivity index (χ0n) is 16.4. The number of carboxylic acids is 1. The lowest BCUT2D eigenvalue weighted by atomic mass is 9.99. The summed E-state index contributed by atoms with van der Waals surface area (Å²) in [5, 5.41) is 8.55. The fourth-order valence-corrected chi connectivity index (χ4v) is 3.18. The van der Waals surface area contributed by atoms with Gasteiger partial charge in [-0.3, -0.25) is 19.2 Å². The third-order valence-electron chi connectivity index (χ3n) is 5.12. The Kier molecular flexibility index (Phi) is 5.86. The minimum atomic E-state index is -0.994. The molecule has 1 N–H and O–H groups in total. The van der Waals surface area contributed by atoms with E-state index >= 15 is 0 Å². The van der Waals surface area contributed by atoms with Gasteiger partial charge in [-0.2, -0.15) is 0 Å². The molecule has 4 rings (SSSR count). The predicted octanol–water partition coefficient (Wildman–Crippen LogP) is 0.647. The third kappa shape index (κ3) is 4.61. The van der Waals surface area contributed by atoms with Crippen LogP contribution in [0.15, 0.2) is 23.2 Å². The number of rotatable bonds is 8. The van der Waals surface area contributed by atoms with Crippen LogP contribution >= 0.6 is 0 Å². The fourth-order valence-electron chi connectivity index (χ4n) is 3.18. The van der Waals surface area contributed by atoms with Crippen LogP contribution in [0, 0.1) is 5.92 Å². The van der Waals surface area contributed by atoms with Crippen LogP contribution in [0.25, 0.3) is 0 Å². The van der Waals surface area contributed by atoms with Gasteiger partial charge >= 0.3 is 5.97 Å². The average Bonchev–Trinajstić information content (AvgIpc) is 3.47. The highest BCUT2D eigenvalue weighted by Gasteiger charge is 2.43. The molecule has 0 radical (unpaired) electrons. The molecule has 0 aromatic carbocycles. The lowest BCUT2D eigenvalue weighted by Gasteiger charge is -2.21. The van der Waals surface area contributed by atoms with Gasteiger partial charge in [-0.1, -0.05) is 19.8 Å². The second kappa shape index (κ2) is 8.16. The monoisotopic (exact) mass is 389 g/mol. The van der Waals surface area contributed by atoms with Crippen molar-refractivity contribution in [2.45, 2.75) is 33.1 Å². The molecule has 0 aromatic heterocycles. The highest BCUT2D eigenvalue weighted by molar-refractivity contribution is 6.22. The smallest absolute Gasteiger partial charge is 0.314 e. The average molecular weight is 389 g/mol. The van der Waals surface area contributed by atoms with Crippen molar-refractivity contribution in [2.75, 3.05) is 39.3 Å². The molecule has 28 heavy (non-hydrogen) atoms. The van der Waals surface area contributed by atoms with Gasteiger partial charge in [-0.05, 0) is 13.3 Å². The number of hydrogen-bond acceptors (Lipinski definition) is 7. The van der Waals surface area contributed by atoms with E-state index in [2.05, 4.69) is 0 Å². The molecule has 3 fully saturated rings. The molecule has 3 heterocycles. The first-order valence-corrected chi connectivity index (χ1v) is 9.88. The summed E-state index contributed by atoms with van der Waals surface area (Å²) in [6.45, 7) is 8.71. The highest BCUT2D eigenvalue weighted by Crippen LogP contribution is 2.33. The minimum Gasteiger partial charge on any atom is -0.481 e. The summed E-state index contributed by atoms with van der Waals surface area (Å²) >= 11 is 0. The van der Waals surface area contributed by atoms with E-state index in [4.69, 9.17) is 5.11 Å². The van der Waals surface area contributed by atoms with E-state index in [1.807, 2.05) is 21.6 Å². The van der Waals surface area contributed by atoms with Crippen LogP contribution in [-0.4, -0.2) is 82.4 Å². The van der Waals surface area contributed by atoms with Crippen molar-refractivity contribution in [3.05, 3.63) is 23.2 Å². The number of Topliss-reactive ketones (excluding diaryl/α,β-unsaturated/α-hetero) is 2. The first-order valence-electron chi connectivity index (χ1n) is 9.88. The van der Waals surface area contributed by atoms with E-state index in [1.54, 1.807) is 0 Å². The Balaban J connectivity index is 0.000000180. The van der Waals surface area contributed by atoms with Gasteiger partial charge in [-0.15, -0.1) is 0 Å². The van der Waals surface area contributed by atoms with E-state index in [1.165, 1.54) is 13.0 Å². The van der Waals surface area contributed by atoms with Gasteiger partial charge in [0.2, 0.25) is 11.6 Å². The van der Waals surface area contributed by atoms with E-state index < -0.39 is 11.9 Å². The molecule has 0 spiro atoms. The van der Waals surface area contributed by atoms with Gasteiger partial charge in [0.25, 0.3) is 0 Å². The number of ketones is 3. The summed E-state index contributed by atoms with van der Waals surface area (Å²) in [4.78, 5) is 51.6.